The predicted molar refractivity (Wildman–Crippen MR) is 63.3 cm³/mol. The number of carbonyl (C=O) groups is 1. The summed E-state index contributed by atoms with van der Waals surface area (Å²) < 4.78 is 4.92. The average Bonchev–Trinajstić information content (AvgIpc) is 2.20. The van der Waals surface area contributed by atoms with E-state index in [1.165, 1.54) is 20.8 Å². The van der Waals surface area contributed by atoms with Crippen molar-refractivity contribution in [3.63, 3.8) is 0 Å². The van der Waals surface area contributed by atoms with Gasteiger partial charge < -0.3 is 20.1 Å². The van der Waals surface area contributed by atoms with Gasteiger partial charge in [0.05, 0.1) is 30.5 Å². The van der Waals surface area contributed by atoms with Crippen LogP contribution in [0.15, 0.2) is 11.1 Å². The van der Waals surface area contributed by atoms with E-state index < -0.39 is 24.3 Å². The van der Waals surface area contributed by atoms with Crippen molar-refractivity contribution in [2.24, 2.45) is 0 Å². The maximum Gasteiger partial charge on any atom is 0.336 e. The Labute approximate surface area is 102 Å². The lowest BCUT2D eigenvalue weighted by Gasteiger charge is -2.20. The molecule has 0 bridgehead atoms. The van der Waals surface area contributed by atoms with Crippen molar-refractivity contribution in [2.45, 2.75) is 52.4 Å². The fraction of sp³-hybridized carbons (Fsp3) is 0.750. The average molecular weight is 246 g/mol. The molecule has 100 valence electrons. The lowest BCUT2D eigenvalue weighted by atomic mass is 9.95. The van der Waals surface area contributed by atoms with Crippen molar-refractivity contribution in [1.82, 2.24) is 0 Å². The second-order valence-electron chi connectivity index (χ2n) is 4.03. The fourth-order valence-corrected chi connectivity index (χ4v) is 1.60. The van der Waals surface area contributed by atoms with Crippen LogP contribution in [0.5, 0.6) is 0 Å². The van der Waals surface area contributed by atoms with E-state index in [-0.39, 0.29) is 17.8 Å². The minimum absolute atomic E-state index is 0.0662. The molecule has 5 heteroatoms. The molecule has 0 aromatic heterocycles. The van der Waals surface area contributed by atoms with E-state index in [9.17, 15) is 20.1 Å². The van der Waals surface area contributed by atoms with E-state index in [4.69, 9.17) is 4.74 Å². The van der Waals surface area contributed by atoms with Gasteiger partial charge >= 0.3 is 5.97 Å². The highest BCUT2D eigenvalue weighted by molar-refractivity contribution is 5.90. The number of hydrogen-bond acceptors (Lipinski definition) is 5. The Morgan fingerprint density at radius 2 is 1.53 bits per heavy atom. The number of carbonyl (C=O) groups excluding carboxylic acids is 1. The molecule has 3 N–H and O–H groups in total. The first kappa shape index (κ1) is 16.1. The van der Waals surface area contributed by atoms with Crippen LogP contribution < -0.4 is 0 Å². The molecule has 0 saturated heterocycles. The summed E-state index contributed by atoms with van der Waals surface area (Å²) >= 11 is 0. The maximum absolute atomic E-state index is 11.7. The van der Waals surface area contributed by atoms with Crippen LogP contribution in [0.3, 0.4) is 0 Å². The quantitative estimate of drug-likeness (QED) is 0.466. The highest BCUT2D eigenvalue weighted by Gasteiger charge is 2.26. The smallest absolute Gasteiger partial charge is 0.336 e. The third-order valence-electron chi connectivity index (χ3n) is 2.29. The van der Waals surface area contributed by atoms with Gasteiger partial charge in [0, 0.05) is 0 Å². The second kappa shape index (κ2) is 7.42. The Bertz CT molecular complexity index is 269. The van der Waals surface area contributed by atoms with E-state index in [0.717, 1.165) is 0 Å². The SMILES string of the molecule is CCCOC(=O)C(=C(C(C)O)C(C)O)C(C)O. The summed E-state index contributed by atoms with van der Waals surface area (Å²) in [5.74, 6) is -0.696. The lowest BCUT2D eigenvalue weighted by molar-refractivity contribution is -0.140. The Morgan fingerprint density at radius 1 is 1.06 bits per heavy atom. The van der Waals surface area contributed by atoms with Crippen molar-refractivity contribution in [3.05, 3.63) is 11.1 Å². The molecule has 0 aliphatic heterocycles. The molecule has 0 spiro atoms. The summed E-state index contributed by atoms with van der Waals surface area (Å²) in [7, 11) is 0. The molecular weight excluding hydrogens is 224 g/mol. The Hall–Kier alpha value is -0.910. The monoisotopic (exact) mass is 246 g/mol. The van der Waals surface area contributed by atoms with Gasteiger partial charge in [-0.25, -0.2) is 4.79 Å². The fourth-order valence-electron chi connectivity index (χ4n) is 1.60. The molecule has 0 aromatic rings. The first-order valence-corrected chi connectivity index (χ1v) is 5.78. The van der Waals surface area contributed by atoms with E-state index in [0.29, 0.717) is 6.42 Å². The Balaban J connectivity index is 5.29. The lowest BCUT2D eigenvalue weighted by Crippen LogP contribution is -2.28. The van der Waals surface area contributed by atoms with Gasteiger partial charge in [-0.3, -0.25) is 0 Å². The number of aliphatic hydroxyl groups is 3. The van der Waals surface area contributed by atoms with Gasteiger partial charge in [-0.15, -0.1) is 0 Å². The van der Waals surface area contributed by atoms with Crippen LogP contribution in [-0.2, 0) is 9.53 Å². The van der Waals surface area contributed by atoms with Crippen molar-refractivity contribution in [2.75, 3.05) is 6.61 Å². The molecule has 0 heterocycles. The van der Waals surface area contributed by atoms with Gasteiger partial charge in [-0.1, -0.05) is 6.92 Å². The van der Waals surface area contributed by atoms with E-state index in [1.54, 1.807) is 0 Å². The molecule has 17 heavy (non-hydrogen) atoms. The molecular formula is C12H22O5. The van der Waals surface area contributed by atoms with Crippen LogP contribution in [0.4, 0.5) is 0 Å². The van der Waals surface area contributed by atoms with Gasteiger partial charge in [-0.2, -0.15) is 0 Å². The predicted octanol–water partition coefficient (Wildman–Crippen LogP) is 0.379. The molecule has 0 radical (unpaired) electrons. The first-order chi connectivity index (χ1) is 7.82. The summed E-state index contributed by atoms with van der Waals surface area (Å²) in [6.07, 6.45) is -2.47. The number of hydrogen-bond donors (Lipinski definition) is 3. The van der Waals surface area contributed by atoms with Crippen molar-refractivity contribution >= 4 is 5.97 Å². The number of esters is 1. The normalized spacial score (nSPS) is 15.9. The van der Waals surface area contributed by atoms with Crippen LogP contribution >= 0.6 is 0 Å². The molecule has 0 aliphatic rings. The van der Waals surface area contributed by atoms with Crippen LogP contribution in [0.1, 0.15) is 34.1 Å². The summed E-state index contributed by atoms with van der Waals surface area (Å²) in [5, 5.41) is 28.6. The van der Waals surface area contributed by atoms with Crippen LogP contribution in [0, 0.1) is 0 Å². The highest BCUT2D eigenvalue weighted by atomic mass is 16.5. The summed E-state index contributed by atoms with van der Waals surface area (Å²) in [5.41, 5.74) is 0.0320. The third kappa shape index (κ3) is 4.85. The summed E-state index contributed by atoms with van der Waals surface area (Å²) in [6.45, 7) is 6.34. The topological polar surface area (TPSA) is 87.0 Å². The second-order valence-corrected chi connectivity index (χ2v) is 4.03. The highest BCUT2D eigenvalue weighted by Crippen LogP contribution is 2.19. The minimum atomic E-state index is -1.10. The standard InChI is InChI=1S/C12H22O5/c1-5-6-17-12(16)11(9(4)15)10(7(2)13)8(3)14/h7-9,13-15H,5-6H2,1-4H3. The number of ether oxygens (including phenoxy) is 1. The van der Waals surface area contributed by atoms with Gasteiger partial charge in [-0.05, 0) is 32.8 Å². The first-order valence-electron chi connectivity index (χ1n) is 5.78. The Kier molecular flexibility index (Phi) is 7.03. The molecule has 3 atom stereocenters. The minimum Gasteiger partial charge on any atom is -0.462 e. The van der Waals surface area contributed by atoms with E-state index in [2.05, 4.69) is 0 Å². The number of rotatable bonds is 6. The Morgan fingerprint density at radius 3 is 1.82 bits per heavy atom. The molecule has 0 saturated carbocycles. The van der Waals surface area contributed by atoms with Gasteiger partial charge in [0.1, 0.15) is 0 Å². The van der Waals surface area contributed by atoms with Gasteiger partial charge in [0.15, 0.2) is 0 Å². The molecule has 0 fully saturated rings. The van der Waals surface area contributed by atoms with E-state index >= 15 is 0 Å². The molecule has 0 amide bonds. The summed E-state index contributed by atoms with van der Waals surface area (Å²) in [6, 6.07) is 0. The molecule has 0 aliphatic carbocycles. The maximum atomic E-state index is 11.7. The van der Waals surface area contributed by atoms with Gasteiger partial charge in [0.2, 0.25) is 0 Å². The zero-order chi connectivity index (χ0) is 13.6. The van der Waals surface area contributed by atoms with Crippen molar-refractivity contribution < 1.29 is 24.9 Å². The van der Waals surface area contributed by atoms with Crippen molar-refractivity contribution in [1.29, 1.82) is 0 Å². The molecule has 3 unspecified atom stereocenters. The van der Waals surface area contributed by atoms with E-state index in [1.807, 2.05) is 6.92 Å². The largest absolute Gasteiger partial charge is 0.462 e. The zero-order valence-electron chi connectivity index (χ0n) is 10.8. The molecule has 0 rings (SSSR count). The van der Waals surface area contributed by atoms with Crippen LogP contribution in [0.2, 0.25) is 0 Å². The van der Waals surface area contributed by atoms with Crippen molar-refractivity contribution in [3.8, 4) is 0 Å². The number of aliphatic hydroxyl groups excluding tert-OH is 3. The van der Waals surface area contributed by atoms with Gasteiger partial charge in [0.25, 0.3) is 0 Å². The molecule has 0 aromatic carbocycles. The van der Waals surface area contributed by atoms with Crippen LogP contribution in [-0.4, -0.2) is 46.2 Å². The van der Waals surface area contributed by atoms with Crippen LogP contribution in [0.25, 0.3) is 0 Å². The third-order valence-corrected chi connectivity index (χ3v) is 2.29. The zero-order valence-corrected chi connectivity index (χ0v) is 10.8. The molecule has 5 nitrogen and oxygen atoms in total. The summed E-state index contributed by atoms with van der Waals surface area (Å²) in [4.78, 5) is 11.7.